The molecule has 2 aromatic rings. The van der Waals surface area contributed by atoms with E-state index in [4.69, 9.17) is 37.4 Å². The zero-order valence-corrected chi connectivity index (χ0v) is 15.8. The fraction of sp³-hybridized carbons (Fsp3) is 0.222. The van der Waals surface area contributed by atoms with Gasteiger partial charge in [-0.15, -0.1) is 0 Å². The summed E-state index contributed by atoms with van der Waals surface area (Å²) in [5, 5.41) is 4.70. The lowest BCUT2D eigenvalue weighted by Gasteiger charge is -2.11. The van der Waals surface area contributed by atoms with Crippen LogP contribution < -0.4 is 19.6 Å². The quantitative estimate of drug-likeness (QED) is 0.541. The fourth-order valence-electron chi connectivity index (χ4n) is 2.01. The summed E-state index contributed by atoms with van der Waals surface area (Å²) in [4.78, 5) is 11.8. The average Bonchev–Trinajstić information content (AvgIpc) is 2.63. The van der Waals surface area contributed by atoms with E-state index in [1.54, 1.807) is 36.4 Å². The largest absolute Gasteiger partial charge is 0.493 e. The normalized spacial score (nSPS) is 10.6. The van der Waals surface area contributed by atoms with Crippen LogP contribution in [0.15, 0.2) is 41.5 Å². The number of amides is 1. The second-order valence-electron chi connectivity index (χ2n) is 4.98. The lowest BCUT2D eigenvalue weighted by atomic mass is 10.2. The van der Waals surface area contributed by atoms with Gasteiger partial charge < -0.3 is 14.2 Å². The molecule has 8 heteroatoms. The monoisotopic (exact) mass is 396 g/mol. The summed E-state index contributed by atoms with van der Waals surface area (Å²) in [7, 11) is 1.52. The highest BCUT2D eigenvalue weighted by Gasteiger charge is 2.11. The first kappa shape index (κ1) is 19.9. The summed E-state index contributed by atoms with van der Waals surface area (Å²) < 4.78 is 16.0. The number of halogens is 2. The van der Waals surface area contributed by atoms with Crippen molar-refractivity contribution < 1.29 is 19.0 Å². The number of hydrazone groups is 1. The van der Waals surface area contributed by atoms with Crippen LogP contribution in [-0.2, 0) is 4.79 Å². The highest BCUT2D eigenvalue weighted by Crippen LogP contribution is 2.35. The van der Waals surface area contributed by atoms with Gasteiger partial charge in [0.2, 0.25) is 0 Å². The van der Waals surface area contributed by atoms with Crippen LogP contribution in [0.4, 0.5) is 0 Å². The second-order valence-corrected chi connectivity index (χ2v) is 5.79. The van der Waals surface area contributed by atoms with E-state index in [1.165, 1.54) is 13.3 Å². The highest BCUT2D eigenvalue weighted by molar-refractivity contribution is 6.32. The smallest absolute Gasteiger partial charge is 0.277 e. The van der Waals surface area contributed by atoms with E-state index >= 15 is 0 Å². The third kappa shape index (κ3) is 5.54. The Hall–Kier alpha value is -2.44. The van der Waals surface area contributed by atoms with E-state index in [0.717, 1.165) is 0 Å². The number of ether oxygens (including phenoxy) is 3. The molecule has 1 N–H and O–H groups in total. The van der Waals surface area contributed by atoms with Crippen LogP contribution in [0.3, 0.4) is 0 Å². The molecule has 0 aromatic heterocycles. The van der Waals surface area contributed by atoms with E-state index < -0.39 is 5.91 Å². The summed E-state index contributed by atoms with van der Waals surface area (Å²) >= 11 is 12.1. The van der Waals surface area contributed by atoms with Gasteiger partial charge in [0.05, 0.1) is 30.0 Å². The van der Waals surface area contributed by atoms with Crippen molar-refractivity contribution in [2.75, 3.05) is 20.3 Å². The van der Waals surface area contributed by atoms with Crippen LogP contribution in [-0.4, -0.2) is 32.4 Å². The highest BCUT2D eigenvalue weighted by atomic mass is 35.5. The van der Waals surface area contributed by atoms with Crippen molar-refractivity contribution in [1.29, 1.82) is 0 Å². The van der Waals surface area contributed by atoms with Gasteiger partial charge in [0, 0.05) is 0 Å². The van der Waals surface area contributed by atoms with Crippen LogP contribution in [0.2, 0.25) is 10.0 Å². The number of carbonyl (C=O) groups is 1. The first-order valence-corrected chi connectivity index (χ1v) is 8.50. The van der Waals surface area contributed by atoms with Gasteiger partial charge >= 0.3 is 0 Å². The Morgan fingerprint density at radius 1 is 1.15 bits per heavy atom. The summed E-state index contributed by atoms with van der Waals surface area (Å²) in [6, 6.07) is 10.2. The molecule has 0 aliphatic carbocycles. The SMILES string of the molecule is CCOc1c(Cl)cc(/C=N\NC(=O)COc2ccccc2Cl)cc1OC. The molecule has 0 fully saturated rings. The molecule has 0 bridgehead atoms. The maximum Gasteiger partial charge on any atom is 0.277 e. The number of hydrogen-bond acceptors (Lipinski definition) is 5. The van der Waals surface area contributed by atoms with Crippen molar-refractivity contribution in [2.24, 2.45) is 5.10 Å². The van der Waals surface area contributed by atoms with Gasteiger partial charge in [0.25, 0.3) is 5.91 Å². The maximum atomic E-state index is 11.8. The number of nitrogens with zero attached hydrogens (tertiary/aromatic N) is 1. The van der Waals surface area contributed by atoms with Gasteiger partial charge in [0.15, 0.2) is 18.1 Å². The van der Waals surface area contributed by atoms with Gasteiger partial charge in [-0.2, -0.15) is 5.10 Å². The molecule has 0 saturated carbocycles. The van der Waals surface area contributed by atoms with Crippen molar-refractivity contribution in [3.05, 3.63) is 52.0 Å². The molecule has 0 saturated heterocycles. The van der Waals surface area contributed by atoms with Crippen molar-refractivity contribution in [1.82, 2.24) is 5.43 Å². The molecule has 0 aliphatic rings. The van der Waals surface area contributed by atoms with E-state index in [2.05, 4.69) is 10.5 Å². The molecule has 0 radical (unpaired) electrons. The minimum atomic E-state index is -0.426. The van der Waals surface area contributed by atoms with Crippen LogP contribution >= 0.6 is 23.2 Å². The summed E-state index contributed by atoms with van der Waals surface area (Å²) in [6.07, 6.45) is 1.44. The Kier molecular flexibility index (Phi) is 7.56. The number of methoxy groups -OCH3 is 1. The summed E-state index contributed by atoms with van der Waals surface area (Å²) in [5.41, 5.74) is 3.01. The Morgan fingerprint density at radius 2 is 1.92 bits per heavy atom. The zero-order chi connectivity index (χ0) is 18.9. The molecule has 0 unspecified atom stereocenters. The Morgan fingerprint density at radius 3 is 2.62 bits per heavy atom. The van der Waals surface area contributed by atoms with Crippen LogP contribution in [0, 0.1) is 0 Å². The molecule has 2 rings (SSSR count). The van der Waals surface area contributed by atoms with Gasteiger partial charge in [-0.3, -0.25) is 4.79 Å². The first-order chi connectivity index (χ1) is 12.5. The van der Waals surface area contributed by atoms with E-state index in [1.807, 2.05) is 6.92 Å². The van der Waals surface area contributed by atoms with E-state index in [-0.39, 0.29) is 6.61 Å². The third-order valence-electron chi connectivity index (χ3n) is 3.14. The first-order valence-electron chi connectivity index (χ1n) is 7.74. The number of benzene rings is 2. The Labute approximate surface area is 161 Å². The van der Waals surface area contributed by atoms with Crippen molar-refractivity contribution in [3.63, 3.8) is 0 Å². The number of para-hydroxylation sites is 1. The van der Waals surface area contributed by atoms with E-state index in [0.29, 0.717) is 39.5 Å². The number of nitrogens with one attached hydrogen (secondary N) is 1. The number of carbonyl (C=O) groups excluding carboxylic acids is 1. The molecule has 26 heavy (non-hydrogen) atoms. The molecular formula is C18H18Cl2N2O4. The molecule has 2 aromatic carbocycles. The summed E-state index contributed by atoms with van der Waals surface area (Å²) in [5.74, 6) is 0.946. The average molecular weight is 397 g/mol. The van der Waals surface area contributed by atoms with Crippen molar-refractivity contribution >= 4 is 35.3 Å². The van der Waals surface area contributed by atoms with Crippen molar-refractivity contribution in [3.8, 4) is 17.2 Å². The molecule has 6 nitrogen and oxygen atoms in total. The molecule has 0 aliphatic heterocycles. The Bertz CT molecular complexity index is 797. The molecular weight excluding hydrogens is 379 g/mol. The minimum absolute atomic E-state index is 0.214. The van der Waals surface area contributed by atoms with Gasteiger partial charge in [-0.05, 0) is 36.8 Å². The lowest BCUT2D eigenvalue weighted by Crippen LogP contribution is -2.24. The minimum Gasteiger partial charge on any atom is -0.493 e. The lowest BCUT2D eigenvalue weighted by molar-refractivity contribution is -0.123. The second kappa shape index (κ2) is 9.89. The topological polar surface area (TPSA) is 69.2 Å². The maximum absolute atomic E-state index is 11.8. The number of rotatable bonds is 8. The molecule has 0 atom stereocenters. The zero-order valence-electron chi connectivity index (χ0n) is 14.3. The molecule has 0 heterocycles. The predicted molar refractivity (Wildman–Crippen MR) is 102 cm³/mol. The van der Waals surface area contributed by atoms with Crippen molar-refractivity contribution in [2.45, 2.75) is 6.92 Å². The van der Waals surface area contributed by atoms with Gasteiger partial charge in [-0.1, -0.05) is 35.3 Å². The van der Waals surface area contributed by atoms with E-state index in [9.17, 15) is 4.79 Å². The van der Waals surface area contributed by atoms with Crippen LogP contribution in [0.25, 0.3) is 0 Å². The molecule has 138 valence electrons. The molecule has 1 amide bonds. The number of hydrogen-bond donors (Lipinski definition) is 1. The summed E-state index contributed by atoms with van der Waals surface area (Å²) in [6.45, 7) is 2.10. The fourth-order valence-corrected chi connectivity index (χ4v) is 2.48. The van der Waals surface area contributed by atoms with Crippen LogP contribution in [0.5, 0.6) is 17.2 Å². The van der Waals surface area contributed by atoms with Gasteiger partial charge in [-0.25, -0.2) is 5.43 Å². The standard InChI is InChI=1S/C18H18Cl2N2O4/c1-3-25-18-14(20)8-12(9-16(18)24-2)10-21-22-17(23)11-26-15-7-5-4-6-13(15)19/h4-10H,3,11H2,1-2H3,(H,22,23)/b21-10-. The third-order valence-corrected chi connectivity index (χ3v) is 3.73. The molecule has 0 spiro atoms. The van der Waals surface area contributed by atoms with Crippen LogP contribution in [0.1, 0.15) is 12.5 Å². The predicted octanol–water partition coefficient (Wildman–Crippen LogP) is 3.93. The Balaban J connectivity index is 1.94. The van der Waals surface area contributed by atoms with Gasteiger partial charge in [0.1, 0.15) is 5.75 Å².